The normalized spacial score (nSPS) is 19.1. The van der Waals surface area contributed by atoms with Crippen LogP contribution in [0.2, 0.25) is 0 Å². The average Bonchev–Trinajstić information content (AvgIpc) is 3.16. The molecule has 0 spiro atoms. The fourth-order valence-corrected chi connectivity index (χ4v) is 7.97. The Bertz CT molecular complexity index is 1190. The number of ether oxygens (including phenoxy) is 4. The summed E-state index contributed by atoms with van der Waals surface area (Å²) in [6.07, 6.45) is 22.6. The predicted molar refractivity (Wildman–Crippen MR) is 211 cm³/mol. The fourth-order valence-electron chi connectivity index (χ4n) is 6.79. The van der Waals surface area contributed by atoms with Crippen molar-refractivity contribution in [3.8, 4) is 0 Å². The summed E-state index contributed by atoms with van der Waals surface area (Å²) >= 11 is 1.95. The lowest BCUT2D eigenvalue weighted by molar-refractivity contribution is -0.204. The largest absolute Gasteiger partial charge is 0.374 e. The van der Waals surface area contributed by atoms with Crippen LogP contribution in [0.5, 0.6) is 0 Å². The topological polar surface area (TPSA) is 36.9 Å². The molecule has 5 heteroatoms. The van der Waals surface area contributed by atoms with Gasteiger partial charge in [-0.1, -0.05) is 194 Å². The van der Waals surface area contributed by atoms with Crippen molar-refractivity contribution in [1.29, 1.82) is 0 Å². The highest BCUT2D eigenvalue weighted by Crippen LogP contribution is 2.33. The van der Waals surface area contributed by atoms with Crippen molar-refractivity contribution in [2.24, 2.45) is 0 Å². The van der Waals surface area contributed by atoms with Gasteiger partial charge < -0.3 is 18.9 Å². The Hall–Kier alpha value is -2.15. The maximum absolute atomic E-state index is 6.77. The third-order valence-electron chi connectivity index (χ3n) is 9.77. The summed E-state index contributed by atoms with van der Waals surface area (Å²) in [6, 6.07) is 31.2. The molecule has 1 aliphatic rings. The molecule has 0 N–H and O–H groups in total. The van der Waals surface area contributed by atoms with E-state index in [0.717, 1.165) is 23.3 Å². The number of thioether (sulfide) groups is 1. The number of hydrogen-bond donors (Lipinski definition) is 0. The first-order chi connectivity index (χ1) is 24.8. The van der Waals surface area contributed by atoms with E-state index in [9.17, 15) is 0 Å². The second-order valence-corrected chi connectivity index (χ2v) is 15.4. The van der Waals surface area contributed by atoms with Gasteiger partial charge in [-0.05, 0) is 28.9 Å². The molecule has 3 aromatic carbocycles. The minimum absolute atomic E-state index is 0.0639. The van der Waals surface area contributed by atoms with Crippen LogP contribution < -0.4 is 0 Å². The molecule has 0 radical (unpaired) electrons. The van der Waals surface area contributed by atoms with E-state index in [1.165, 1.54) is 108 Å². The van der Waals surface area contributed by atoms with Crippen molar-refractivity contribution in [3.63, 3.8) is 0 Å². The van der Waals surface area contributed by atoms with Crippen LogP contribution in [-0.4, -0.2) is 36.1 Å². The highest BCUT2D eigenvalue weighted by atomic mass is 32.2. The number of benzene rings is 3. The van der Waals surface area contributed by atoms with Gasteiger partial charge in [0, 0.05) is 6.42 Å². The van der Waals surface area contributed by atoms with Crippen LogP contribution in [0.25, 0.3) is 0 Å². The molecule has 4 nitrogen and oxygen atoms in total. The SMILES string of the molecule is CCCCCCCCCCCCCCCCCCSC1C[C@@H](OCc2ccccc2)[C@H](OCc2ccccc2)[C@@H](COCc2ccccc2)O1. The van der Waals surface area contributed by atoms with E-state index in [2.05, 4.69) is 85.8 Å². The summed E-state index contributed by atoms with van der Waals surface area (Å²) < 4.78 is 26.3. The number of unbranched alkanes of at least 4 members (excludes halogenated alkanes) is 15. The molecule has 0 aromatic heterocycles. The van der Waals surface area contributed by atoms with Gasteiger partial charge in [0.05, 0.1) is 32.5 Å². The van der Waals surface area contributed by atoms with Gasteiger partial charge in [-0.3, -0.25) is 0 Å². The Morgan fingerprint density at radius 3 is 1.48 bits per heavy atom. The standard InChI is InChI=1S/C45H66O4S/c1-2-3-4-5-6-7-8-9-10-11-12-13-14-15-16-26-33-50-44-34-42(47-36-40-29-22-18-23-30-40)45(48-37-41-31-24-19-25-32-41)43(49-44)38-46-35-39-27-20-17-21-28-39/h17-25,27-32,42-45H,2-16,26,33-38H2,1H3/t42-,43-,44?,45+/m1/s1. The lowest BCUT2D eigenvalue weighted by Gasteiger charge is -2.41. The Morgan fingerprint density at radius 1 is 0.540 bits per heavy atom. The van der Waals surface area contributed by atoms with Crippen LogP contribution in [0, 0.1) is 0 Å². The van der Waals surface area contributed by atoms with E-state index in [1.54, 1.807) is 0 Å². The second-order valence-electron chi connectivity index (χ2n) is 14.1. The van der Waals surface area contributed by atoms with Crippen molar-refractivity contribution in [3.05, 3.63) is 108 Å². The summed E-state index contributed by atoms with van der Waals surface area (Å²) in [6.45, 7) is 4.40. The molecule has 4 atom stereocenters. The van der Waals surface area contributed by atoms with Gasteiger partial charge in [0.1, 0.15) is 17.6 Å². The van der Waals surface area contributed by atoms with Crippen LogP contribution >= 0.6 is 11.8 Å². The summed E-state index contributed by atoms with van der Waals surface area (Å²) in [4.78, 5) is 0. The first kappa shape index (κ1) is 40.6. The molecule has 0 amide bonds. The quantitative estimate of drug-likeness (QED) is 0.0704. The van der Waals surface area contributed by atoms with Gasteiger partial charge in [0.25, 0.3) is 0 Å². The summed E-state index contributed by atoms with van der Waals surface area (Å²) in [5.74, 6) is 1.11. The maximum Gasteiger partial charge on any atom is 0.113 e. The highest BCUT2D eigenvalue weighted by Gasteiger charge is 2.40. The highest BCUT2D eigenvalue weighted by molar-refractivity contribution is 7.99. The maximum atomic E-state index is 6.77. The third-order valence-corrected chi connectivity index (χ3v) is 11.0. The Kier molecular flexibility index (Phi) is 21.6. The third kappa shape index (κ3) is 17.4. The fraction of sp³-hybridized carbons (Fsp3) is 0.600. The van der Waals surface area contributed by atoms with E-state index < -0.39 is 0 Å². The molecular weight excluding hydrogens is 637 g/mol. The molecule has 0 aliphatic carbocycles. The zero-order valence-corrected chi connectivity index (χ0v) is 31.9. The molecule has 4 rings (SSSR count). The summed E-state index contributed by atoms with van der Waals surface area (Å²) in [5, 5.41) is 0. The zero-order valence-electron chi connectivity index (χ0n) is 31.1. The molecule has 1 heterocycles. The summed E-state index contributed by atoms with van der Waals surface area (Å²) in [7, 11) is 0. The zero-order chi connectivity index (χ0) is 34.7. The minimum Gasteiger partial charge on any atom is -0.374 e. The van der Waals surface area contributed by atoms with Crippen molar-refractivity contribution in [2.45, 2.75) is 160 Å². The van der Waals surface area contributed by atoms with E-state index in [4.69, 9.17) is 18.9 Å². The van der Waals surface area contributed by atoms with Gasteiger partial charge in [-0.15, -0.1) is 11.8 Å². The Labute approximate surface area is 309 Å². The van der Waals surface area contributed by atoms with E-state index in [0.29, 0.717) is 26.4 Å². The lowest BCUT2D eigenvalue weighted by Crippen LogP contribution is -2.51. The van der Waals surface area contributed by atoms with Crippen LogP contribution in [-0.2, 0) is 38.8 Å². The van der Waals surface area contributed by atoms with Gasteiger partial charge in [-0.25, -0.2) is 0 Å². The van der Waals surface area contributed by atoms with E-state index in [-0.39, 0.29) is 23.7 Å². The van der Waals surface area contributed by atoms with Crippen molar-refractivity contribution < 1.29 is 18.9 Å². The van der Waals surface area contributed by atoms with Crippen LogP contribution in [0.3, 0.4) is 0 Å². The molecule has 1 saturated heterocycles. The first-order valence-electron chi connectivity index (χ1n) is 20.0. The predicted octanol–water partition coefficient (Wildman–Crippen LogP) is 12.5. The molecule has 0 saturated carbocycles. The number of hydrogen-bond acceptors (Lipinski definition) is 5. The first-order valence-corrected chi connectivity index (χ1v) is 21.1. The molecule has 1 unspecified atom stereocenters. The molecule has 1 aliphatic heterocycles. The van der Waals surface area contributed by atoms with Crippen LogP contribution in [0.4, 0.5) is 0 Å². The van der Waals surface area contributed by atoms with E-state index >= 15 is 0 Å². The summed E-state index contributed by atoms with van der Waals surface area (Å²) in [5.41, 5.74) is 3.55. The molecule has 1 fully saturated rings. The smallest absolute Gasteiger partial charge is 0.113 e. The minimum atomic E-state index is -0.220. The van der Waals surface area contributed by atoms with Crippen molar-refractivity contribution in [2.75, 3.05) is 12.4 Å². The van der Waals surface area contributed by atoms with Gasteiger partial charge in [-0.2, -0.15) is 0 Å². The van der Waals surface area contributed by atoms with Gasteiger partial charge in [0.15, 0.2) is 0 Å². The molecule has 50 heavy (non-hydrogen) atoms. The van der Waals surface area contributed by atoms with Crippen LogP contribution in [0.1, 0.15) is 133 Å². The molecule has 3 aromatic rings. The van der Waals surface area contributed by atoms with Crippen LogP contribution in [0.15, 0.2) is 91.0 Å². The molecule has 276 valence electrons. The molecular formula is C45H66O4S. The Morgan fingerprint density at radius 2 is 0.980 bits per heavy atom. The van der Waals surface area contributed by atoms with Crippen molar-refractivity contribution in [1.82, 2.24) is 0 Å². The molecule has 0 bridgehead atoms. The van der Waals surface area contributed by atoms with E-state index in [1.807, 2.05) is 23.9 Å². The van der Waals surface area contributed by atoms with Gasteiger partial charge >= 0.3 is 0 Å². The second kappa shape index (κ2) is 26.6. The van der Waals surface area contributed by atoms with Gasteiger partial charge in [0.2, 0.25) is 0 Å². The number of rotatable bonds is 28. The monoisotopic (exact) mass is 702 g/mol. The Balaban J connectivity index is 1.19. The van der Waals surface area contributed by atoms with Crippen molar-refractivity contribution >= 4 is 11.8 Å². The average molecular weight is 703 g/mol. The lowest BCUT2D eigenvalue weighted by atomic mass is 10.0.